The molecule has 0 aliphatic rings. The van der Waals surface area contributed by atoms with Crippen LogP contribution in [0.2, 0.25) is 0 Å². The van der Waals surface area contributed by atoms with Crippen molar-refractivity contribution < 1.29 is 20.1 Å². The molecule has 2 aromatic rings. The molecule has 0 amide bonds. The highest BCUT2D eigenvalue weighted by Gasteiger charge is 2.20. The van der Waals surface area contributed by atoms with Gasteiger partial charge in [-0.15, -0.1) is 0 Å². The summed E-state index contributed by atoms with van der Waals surface area (Å²) >= 11 is 0. The fourth-order valence-electron chi connectivity index (χ4n) is 3.36. The Hall–Kier alpha value is -1.92. The van der Waals surface area contributed by atoms with Crippen LogP contribution in [-0.2, 0) is 26.4 Å². The molecule has 4 N–H and O–H groups in total. The van der Waals surface area contributed by atoms with Crippen LogP contribution in [0.25, 0.3) is 0 Å². The molecule has 0 saturated heterocycles. The van der Waals surface area contributed by atoms with E-state index in [1.54, 1.807) is 0 Å². The molecule has 5 nitrogen and oxygen atoms in total. The zero-order chi connectivity index (χ0) is 21.1. The average molecular weight is 402 g/mol. The minimum atomic E-state index is -0.527. The molecule has 0 heterocycles. The molecule has 0 aliphatic heterocycles. The summed E-state index contributed by atoms with van der Waals surface area (Å²) < 4.78 is 5.90. The number of hydrogen-bond donors (Lipinski definition) is 4. The molecule has 29 heavy (non-hydrogen) atoms. The Labute approximate surface area is 174 Å². The van der Waals surface area contributed by atoms with E-state index < -0.39 is 5.60 Å². The first-order valence-corrected chi connectivity index (χ1v) is 10.5. The maximum Gasteiger partial charge on any atom is 0.120 e. The molecular formula is C24H35NO4. The van der Waals surface area contributed by atoms with Crippen LogP contribution >= 0.6 is 0 Å². The molecular weight excluding hydrogens is 366 g/mol. The normalized spacial score (nSPS) is 11.6. The number of aliphatic hydroxyl groups is 3. The monoisotopic (exact) mass is 401 g/mol. The molecule has 0 bridgehead atoms. The highest BCUT2D eigenvalue weighted by Crippen LogP contribution is 2.21. The highest BCUT2D eigenvalue weighted by atomic mass is 16.5. The fourth-order valence-corrected chi connectivity index (χ4v) is 3.36. The Kier molecular flexibility index (Phi) is 9.61. The summed E-state index contributed by atoms with van der Waals surface area (Å²) in [4.78, 5) is 0. The lowest BCUT2D eigenvalue weighted by molar-refractivity contribution is 0.0218. The minimum absolute atomic E-state index is 0.0811. The lowest BCUT2D eigenvalue weighted by Gasteiger charge is -2.25. The third-order valence-corrected chi connectivity index (χ3v) is 5.56. The third-order valence-electron chi connectivity index (χ3n) is 5.56. The quantitative estimate of drug-likeness (QED) is 0.385. The fraction of sp³-hybridized carbons (Fsp3) is 0.500. The van der Waals surface area contributed by atoms with Gasteiger partial charge in [0.2, 0.25) is 0 Å². The second-order valence-corrected chi connectivity index (χ2v) is 7.57. The van der Waals surface area contributed by atoms with E-state index >= 15 is 0 Å². The Morgan fingerprint density at radius 1 is 0.931 bits per heavy atom. The van der Waals surface area contributed by atoms with Gasteiger partial charge in [0.15, 0.2) is 0 Å². The Morgan fingerprint density at radius 2 is 1.69 bits per heavy atom. The molecule has 0 spiro atoms. The standard InChI is InChI=1S/C24H35NO4/c1-3-24(28,4-2)11-6-12-25-15-19-7-5-8-23(14-19)29-18-20-9-10-21(16-26)22(13-20)17-27/h5,7-10,13-14,25-28H,3-4,6,11-12,15-18H2,1-2H3. The summed E-state index contributed by atoms with van der Waals surface area (Å²) in [7, 11) is 0. The first-order chi connectivity index (χ1) is 14.0. The SMILES string of the molecule is CCC(O)(CC)CCCNCc1cccc(OCc2ccc(CO)c(CO)c2)c1. The van der Waals surface area contributed by atoms with Crippen LogP contribution in [0.3, 0.4) is 0 Å². The minimum Gasteiger partial charge on any atom is -0.489 e. The zero-order valence-electron chi connectivity index (χ0n) is 17.7. The first-order valence-electron chi connectivity index (χ1n) is 10.5. The topological polar surface area (TPSA) is 82.0 Å². The molecule has 0 saturated carbocycles. The van der Waals surface area contributed by atoms with Gasteiger partial charge in [-0.05, 0) is 72.7 Å². The maximum atomic E-state index is 10.3. The van der Waals surface area contributed by atoms with Gasteiger partial charge in [-0.1, -0.05) is 38.1 Å². The first kappa shape index (κ1) is 23.4. The van der Waals surface area contributed by atoms with Crippen LogP contribution < -0.4 is 10.1 Å². The van der Waals surface area contributed by atoms with E-state index in [-0.39, 0.29) is 13.2 Å². The lowest BCUT2D eigenvalue weighted by Crippen LogP contribution is -2.28. The molecule has 0 unspecified atom stereocenters. The summed E-state index contributed by atoms with van der Waals surface area (Å²) in [5, 5.41) is 32.5. The van der Waals surface area contributed by atoms with E-state index in [1.165, 1.54) is 0 Å². The van der Waals surface area contributed by atoms with Crippen molar-refractivity contribution in [2.75, 3.05) is 6.54 Å². The third kappa shape index (κ3) is 7.44. The van der Waals surface area contributed by atoms with E-state index in [2.05, 4.69) is 11.4 Å². The average Bonchev–Trinajstić information content (AvgIpc) is 2.77. The molecule has 0 fully saturated rings. The largest absolute Gasteiger partial charge is 0.489 e. The lowest BCUT2D eigenvalue weighted by atomic mass is 9.92. The van der Waals surface area contributed by atoms with Crippen molar-refractivity contribution >= 4 is 0 Å². The van der Waals surface area contributed by atoms with E-state index in [0.717, 1.165) is 66.8 Å². The van der Waals surface area contributed by atoms with Gasteiger partial charge in [0.05, 0.1) is 18.8 Å². The van der Waals surface area contributed by atoms with Crippen molar-refractivity contribution in [1.82, 2.24) is 5.32 Å². The molecule has 160 valence electrons. The number of hydrogen-bond acceptors (Lipinski definition) is 5. The number of ether oxygens (including phenoxy) is 1. The Bertz CT molecular complexity index is 743. The van der Waals surface area contributed by atoms with Gasteiger partial charge in [-0.25, -0.2) is 0 Å². The van der Waals surface area contributed by atoms with Gasteiger partial charge in [0.25, 0.3) is 0 Å². The van der Waals surface area contributed by atoms with Gasteiger partial charge in [-0.3, -0.25) is 0 Å². The van der Waals surface area contributed by atoms with Gasteiger partial charge in [0.1, 0.15) is 12.4 Å². The van der Waals surface area contributed by atoms with Gasteiger partial charge >= 0.3 is 0 Å². The summed E-state index contributed by atoms with van der Waals surface area (Å²) in [5.74, 6) is 0.799. The number of benzene rings is 2. The van der Waals surface area contributed by atoms with Gasteiger partial charge in [-0.2, -0.15) is 0 Å². The van der Waals surface area contributed by atoms with Crippen LogP contribution in [0.15, 0.2) is 42.5 Å². The van der Waals surface area contributed by atoms with Crippen LogP contribution in [0.5, 0.6) is 5.75 Å². The van der Waals surface area contributed by atoms with Gasteiger partial charge < -0.3 is 25.4 Å². The predicted octanol–water partition coefficient (Wildman–Crippen LogP) is 3.67. The van der Waals surface area contributed by atoms with Crippen molar-refractivity contribution in [3.05, 3.63) is 64.7 Å². The highest BCUT2D eigenvalue weighted by molar-refractivity contribution is 5.32. The van der Waals surface area contributed by atoms with Crippen molar-refractivity contribution in [3.63, 3.8) is 0 Å². The Morgan fingerprint density at radius 3 is 2.38 bits per heavy atom. The van der Waals surface area contributed by atoms with Crippen LogP contribution in [-0.4, -0.2) is 27.5 Å². The molecule has 0 atom stereocenters. The smallest absolute Gasteiger partial charge is 0.120 e. The van der Waals surface area contributed by atoms with Gasteiger partial charge in [0, 0.05) is 6.54 Å². The zero-order valence-corrected chi connectivity index (χ0v) is 17.7. The van der Waals surface area contributed by atoms with Crippen molar-refractivity contribution in [3.8, 4) is 5.75 Å². The summed E-state index contributed by atoms with van der Waals surface area (Å²) in [6, 6.07) is 13.6. The van der Waals surface area contributed by atoms with Crippen molar-refractivity contribution in [1.29, 1.82) is 0 Å². The van der Waals surface area contributed by atoms with Crippen LogP contribution in [0.1, 0.15) is 61.8 Å². The molecule has 0 radical (unpaired) electrons. The van der Waals surface area contributed by atoms with E-state index in [1.807, 2.05) is 50.2 Å². The summed E-state index contributed by atoms with van der Waals surface area (Å²) in [5.41, 5.74) is 3.04. The van der Waals surface area contributed by atoms with Crippen LogP contribution in [0, 0.1) is 0 Å². The van der Waals surface area contributed by atoms with E-state index in [4.69, 9.17) is 4.74 Å². The summed E-state index contributed by atoms with van der Waals surface area (Å²) in [6.07, 6.45) is 3.36. The van der Waals surface area contributed by atoms with Crippen molar-refractivity contribution in [2.24, 2.45) is 0 Å². The second-order valence-electron chi connectivity index (χ2n) is 7.57. The van der Waals surface area contributed by atoms with Crippen molar-refractivity contribution in [2.45, 2.75) is 71.5 Å². The molecule has 5 heteroatoms. The van der Waals surface area contributed by atoms with Crippen LogP contribution in [0.4, 0.5) is 0 Å². The predicted molar refractivity (Wildman–Crippen MR) is 116 cm³/mol. The maximum absolute atomic E-state index is 10.3. The Balaban J connectivity index is 1.81. The summed E-state index contributed by atoms with van der Waals surface area (Å²) in [6.45, 7) is 5.92. The molecule has 2 rings (SSSR count). The van der Waals surface area contributed by atoms with E-state index in [0.29, 0.717) is 6.61 Å². The molecule has 2 aromatic carbocycles. The number of rotatable bonds is 13. The number of nitrogens with one attached hydrogen (secondary N) is 1. The molecule has 0 aromatic heterocycles. The second kappa shape index (κ2) is 11.9. The number of aliphatic hydroxyl groups excluding tert-OH is 2. The molecule has 0 aliphatic carbocycles. The van der Waals surface area contributed by atoms with E-state index in [9.17, 15) is 15.3 Å².